The average molecular weight is 496 g/mol. The van der Waals surface area contributed by atoms with Crippen molar-refractivity contribution in [2.75, 3.05) is 20.3 Å². The summed E-state index contributed by atoms with van der Waals surface area (Å²) in [6.07, 6.45) is 0.953. The second-order valence-corrected chi connectivity index (χ2v) is 9.97. The van der Waals surface area contributed by atoms with Crippen LogP contribution in [0, 0.1) is 12.8 Å². The lowest BCUT2D eigenvalue weighted by molar-refractivity contribution is -0.140. The van der Waals surface area contributed by atoms with Crippen LogP contribution >= 0.6 is 11.3 Å². The predicted octanol–water partition coefficient (Wildman–Crippen LogP) is 8.34. The summed E-state index contributed by atoms with van der Waals surface area (Å²) >= 11 is 1.26. The summed E-state index contributed by atoms with van der Waals surface area (Å²) < 4.78 is 55.3. The Hall–Kier alpha value is -1.99. The molecule has 0 aliphatic rings. The Morgan fingerprint density at radius 3 is 2.38 bits per heavy atom. The maximum Gasteiger partial charge on any atom is 0.400 e. The summed E-state index contributed by atoms with van der Waals surface area (Å²) in [5.74, 6) is -0.509. The van der Waals surface area contributed by atoms with E-state index in [0.717, 1.165) is 67.8 Å². The monoisotopic (exact) mass is 495 g/mol. The van der Waals surface area contributed by atoms with E-state index >= 15 is 0 Å². The van der Waals surface area contributed by atoms with Gasteiger partial charge in [-0.25, -0.2) is 0 Å². The zero-order valence-electron chi connectivity index (χ0n) is 20.6. The number of halogens is 3. The number of hydrogen-bond acceptors (Lipinski definition) is 3. The molecule has 0 bridgehead atoms. The van der Waals surface area contributed by atoms with E-state index in [9.17, 15) is 13.2 Å². The molecule has 0 saturated heterocycles. The minimum absolute atomic E-state index is 0.233. The number of methoxy groups -OCH3 is 1. The molecule has 3 aromatic rings. The molecule has 0 saturated carbocycles. The molecule has 0 amide bonds. The first-order valence-electron chi connectivity index (χ1n) is 12.2. The molecule has 0 spiro atoms. The van der Waals surface area contributed by atoms with Crippen molar-refractivity contribution >= 4 is 21.6 Å². The van der Waals surface area contributed by atoms with Crippen LogP contribution < -0.4 is 4.74 Å². The van der Waals surface area contributed by atoms with Crippen LogP contribution in [-0.4, -0.2) is 31.1 Å². The molecular formula is C27H36F3NO2S. The van der Waals surface area contributed by atoms with Crippen molar-refractivity contribution in [3.8, 4) is 5.75 Å². The number of rotatable bonds is 13. The van der Waals surface area contributed by atoms with Gasteiger partial charge >= 0.3 is 6.18 Å². The van der Waals surface area contributed by atoms with Gasteiger partial charge in [0.05, 0.1) is 7.11 Å². The van der Waals surface area contributed by atoms with Crippen LogP contribution in [0.2, 0.25) is 0 Å². The van der Waals surface area contributed by atoms with Crippen LogP contribution in [0.25, 0.3) is 10.2 Å². The van der Waals surface area contributed by atoms with Gasteiger partial charge in [0.25, 0.3) is 0 Å². The van der Waals surface area contributed by atoms with Gasteiger partial charge in [0, 0.05) is 35.7 Å². The molecule has 0 fully saturated rings. The fourth-order valence-electron chi connectivity index (χ4n) is 4.51. The van der Waals surface area contributed by atoms with Crippen molar-refractivity contribution < 1.29 is 22.6 Å². The fraction of sp³-hybridized carbons (Fsp3) is 0.556. The van der Waals surface area contributed by atoms with Gasteiger partial charge in [-0.2, -0.15) is 13.2 Å². The summed E-state index contributed by atoms with van der Waals surface area (Å²) in [4.78, 5) is 1.26. The van der Waals surface area contributed by atoms with Gasteiger partial charge in [-0.1, -0.05) is 32.4 Å². The van der Waals surface area contributed by atoms with Crippen LogP contribution in [0.4, 0.5) is 13.2 Å². The summed E-state index contributed by atoms with van der Waals surface area (Å²) in [5.41, 5.74) is 1.33. The molecular weight excluding hydrogens is 459 g/mol. The van der Waals surface area contributed by atoms with Gasteiger partial charge in [-0.05, 0) is 68.4 Å². The van der Waals surface area contributed by atoms with Crippen LogP contribution in [0.15, 0.2) is 36.4 Å². The number of benzene rings is 1. The molecule has 0 N–H and O–H groups in total. The third kappa shape index (κ3) is 6.57. The molecule has 2 atom stereocenters. The second-order valence-electron chi connectivity index (χ2n) is 8.91. The smallest absolute Gasteiger partial charge is 0.400 e. The van der Waals surface area contributed by atoms with Crippen molar-refractivity contribution in [1.29, 1.82) is 0 Å². The van der Waals surface area contributed by atoms with Gasteiger partial charge in [0.15, 0.2) is 0 Å². The Labute approximate surface area is 204 Å². The van der Waals surface area contributed by atoms with Crippen molar-refractivity contribution in [2.45, 2.75) is 71.5 Å². The Balaban J connectivity index is 1.78. The third-order valence-electron chi connectivity index (χ3n) is 6.44. The van der Waals surface area contributed by atoms with E-state index < -0.39 is 12.1 Å². The number of thiophene rings is 1. The van der Waals surface area contributed by atoms with Crippen molar-refractivity contribution in [3.05, 3.63) is 52.5 Å². The van der Waals surface area contributed by atoms with Gasteiger partial charge in [0.1, 0.15) is 16.5 Å². The Morgan fingerprint density at radius 2 is 1.76 bits per heavy atom. The molecule has 0 radical (unpaired) electrons. The second kappa shape index (κ2) is 12.1. The molecule has 3 rings (SSSR count). The van der Waals surface area contributed by atoms with Crippen molar-refractivity contribution in [2.24, 2.45) is 5.92 Å². The summed E-state index contributed by atoms with van der Waals surface area (Å²) in [6, 6.07) is 9.92. The lowest BCUT2D eigenvalue weighted by atomic mass is 9.96. The first-order chi connectivity index (χ1) is 16.3. The molecule has 2 unspecified atom stereocenters. The van der Waals surface area contributed by atoms with E-state index in [1.54, 1.807) is 18.2 Å². The SMILES string of the molecule is CCCOCCCC(CC)CCn1c(C)cc2cc(C(c3ccc(OC)cc3)C(F)(F)F)sc21. The lowest BCUT2D eigenvalue weighted by Crippen LogP contribution is -2.21. The lowest BCUT2D eigenvalue weighted by Gasteiger charge is -2.20. The number of nitrogens with zero attached hydrogens (tertiary/aromatic N) is 1. The van der Waals surface area contributed by atoms with E-state index in [0.29, 0.717) is 16.5 Å². The predicted molar refractivity (Wildman–Crippen MR) is 134 cm³/mol. The van der Waals surface area contributed by atoms with Crippen molar-refractivity contribution in [3.63, 3.8) is 0 Å². The van der Waals surface area contributed by atoms with Crippen LogP contribution in [-0.2, 0) is 11.3 Å². The number of alkyl halides is 3. The molecule has 2 heterocycles. The van der Waals surface area contributed by atoms with Crippen LogP contribution in [0.3, 0.4) is 0 Å². The molecule has 7 heteroatoms. The molecule has 3 nitrogen and oxygen atoms in total. The molecule has 1 aromatic carbocycles. The summed E-state index contributed by atoms with van der Waals surface area (Å²) in [6.45, 7) is 8.79. The average Bonchev–Trinajstić information content (AvgIpc) is 3.32. The minimum Gasteiger partial charge on any atom is -0.497 e. The molecule has 0 aliphatic carbocycles. The third-order valence-corrected chi connectivity index (χ3v) is 7.68. The van der Waals surface area contributed by atoms with E-state index in [2.05, 4.69) is 18.4 Å². The minimum atomic E-state index is -4.37. The quantitative estimate of drug-likeness (QED) is 0.223. The highest BCUT2D eigenvalue weighted by Crippen LogP contribution is 2.45. The van der Waals surface area contributed by atoms with Gasteiger partial charge in [0.2, 0.25) is 0 Å². The Morgan fingerprint density at radius 1 is 1.03 bits per heavy atom. The first kappa shape index (κ1) is 26.6. The summed E-state index contributed by atoms with van der Waals surface area (Å²) in [7, 11) is 1.51. The Kier molecular flexibility index (Phi) is 9.48. The zero-order chi connectivity index (χ0) is 24.7. The largest absolute Gasteiger partial charge is 0.497 e. The fourth-order valence-corrected chi connectivity index (χ4v) is 5.89. The maximum absolute atomic E-state index is 14.1. The van der Waals surface area contributed by atoms with Crippen LogP contribution in [0.5, 0.6) is 5.75 Å². The topological polar surface area (TPSA) is 23.4 Å². The molecule has 188 valence electrons. The van der Waals surface area contributed by atoms with E-state index in [-0.39, 0.29) is 5.56 Å². The Bertz CT molecular complexity index is 1020. The molecule has 2 aromatic heterocycles. The number of ether oxygens (including phenoxy) is 2. The standard InChI is InChI=1S/C27H36F3NO2S/c1-5-15-33-16-7-8-20(6-2)13-14-31-19(3)17-22-18-24(34-26(22)31)25(27(28,29)30)21-9-11-23(32-4)12-10-21/h9-12,17-18,20,25H,5-8,13-16H2,1-4H3. The van der Waals surface area contributed by atoms with E-state index in [1.807, 2.05) is 13.0 Å². The normalized spacial score (nSPS) is 14.0. The number of fused-ring (bicyclic) bond motifs is 1. The summed E-state index contributed by atoms with van der Waals surface area (Å²) in [5, 5.41) is 0.890. The number of hydrogen-bond donors (Lipinski definition) is 0. The molecule has 34 heavy (non-hydrogen) atoms. The zero-order valence-corrected chi connectivity index (χ0v) is 21.4. The van der Waals surface area contributed by atoms with Gasteiger partial charge in [-0.15, -0.1) is 11.3 Å². The highest BCUT2D eigenvalue weighted by atomic mass is 32.1. The number of aryl methyl sites for hydroxylation is 2. The van der Waals surface area contributed by atoms with Crippen molar-refractivity contribution in [1.82, 2.24) is 4.57 Å². The number of aromatic nitrogens is 1. The van der Waals surface area contributed by atoms with Gasteiger partial charge in [-0.3, -0.25) is 0 Å². The van der Waals surface area contributed by atoms with E-state index in [1.165, 1.54) is 30.6 Å². The molecule has 0 aliphatic heterocycles. The maximum atomic E-state index is 14.1. The van der Waals surface area contributed by atoms with E-state index in [4.69, 9.17) is 9.47 Å². The van der Waals surface area contributed by atoms with Gasteiger partial charge < -0.3 is 14.0 Å². The first-order valence-corrected chi connectivity index (χ1v) is 13.0. The van der Waals surface area contributed by atoms with Crippen LogP contribution in [0.1, 0.15) is 68.0 Å². The highest BCUT2D eigenvalue weighted by molar-refractivity contribution is 7.18. The highest BCUT2D eigenvalue weighted by Gasteiger charge is 2.43.